The Labute approximate surface area is 148 Å². The van der Waals surface area contributed by atoms with Crippen LogP contribution in [-0.4, -0.2) is 41.2 Å². The highest BCUT2D eigenvalue weighted by atomic mass is 16.5. The van der Waals surface area contributed by atoms with Crippen molar-refractivity contribution in [1.82, 2.24) is 15.1 Å². The Morgan fingerprint density at radius 2 is 2.28 bits per heavy atom. The molecule has 1 aromatic heterocycles. The maximum atomic E-state index is 12.9. The minimum Gasteiger partial charge on any atom is -0.497 e. The van der Waals surface area contributed by atoms with E-state index in [1.54, 1.807) is 12.0 Å². The zero-order valence-corrected chi connectivity index (χ0v) is 15.1. The number of fused-ring (bicyclic) bond motifs is 1. The van der Waals surface area contributed by atoms with Crippen molar-refractivity contribution in [2.75, 3.05) is 19.5 Å². The van der Waals surface area contributed by atoms with E-state index in [1.807, 2.05) is 38.2 Å². The SMILES string of the molecule is CC[C@H](Nc1cccc(OC)c1)C(=O)N(C)Cc1n[nH]c2c1CCC2. The lowest BCUT2D eigenvalue weighted by molar-refractivity contribution is -0.131. The number of amides is 1. The molecule has 1 aromatic carbocycles. The molecule has 1 heterocycles. The summed E-state index contributed by atoms with van der Waals surface area (Å²) in [4.78, 5) is 14.6. The predicted molar refractivity (Wildman–Crippen MR) is 97.8 cm³/mol. The molecular weight excluding hydrogens is 316 g/mol. The number of rotatable bonds is 7. The van der Waals surface area contributed by atoms with Crippen LogP contribution in [0.5, 0.6) is 5.75 Å². The van der Waals surface area contributed by atoms with E-state index in [9.17, 15) is 4.79 Å². The van der Waals surface area contributed by atoms with Crippen molar-refractivity contribution in [3.63, 3.8) is 0 Å². The third-order valence-corrected chi connectivity index (χ3v) is 4.77. The van der Waals surface area contributed by atoms with Crippen molar-refractivity contribution in [3.8, 4) is 5.75 Å². The van der Waals surface area contributed by atoms with E-state index in [-0.39, 0.29) is 11.9 Å². The van der Waals surface area contributed by atoms with Gasteiger partial charge < -0.3 is 15.0 Å². The zero-order chi connectivity index (χ0) is 17.8. The van der Waals surface area contributed by atoms with Gasteiger partial charge in [0.2, 0.25) is 5.91 Å². The lowest BCUT2D eigenvalue weighted by Crippen LogP contribution is -2.40. The quantitative estimate of drug-likeness (QED) is 0.812. The Morgan fingerprint density at radius 1 is 1.44 bits per heavy atom. The Balaban J connectivity index is 1.66. The number of carbonyl (C=O) groups excluding carboxylic acids is 1. The normalized spacial score (nSPS) is 14.0. The summed E-state index contributed by atoms with van der Waals surface area (Å²) >= 11 is 0. The zero-order valence-electron chi connectivity index (χ0n) is 15.1. The number of hydrogen-bond acceptors (Lipinski definition) is 4. The van der Waals surface area contributed by atoms with E-state index in [1.165, 1.54) is 17.7 Å². The second kappa shape index (κ2) is 7.59. The second-order valence-corrected chi connectivity index (χ2v) is 6.51. The maximum absolute atomic E-state index is 12.9. The summed E-state index contributed by atoms with van der Waals surface area (Å²) in [5.74, 6) is 0.841. The molecule has 0 spiro atoms. The summed E-state index contributed by atoms with van der Waals surface area (Å²) in [6.07, 6.45) is 4.00. The first-order chi connectivity index (χ1) is 12.1. The number of aryl methyl sites for hydroxylation is 1. The predicted octanol–water partition coefficient (Wildman–Crippen LogP) is 2.76. The number of nitrogens with one attached hydrogen (secondary N) is 2. The van der Waals surface area contributed by atoms with E-state index in [2.05, 4.69) is 15.5 Å². The highest BCUT2D eigenvalue weighted by Gasteiger charge is 2.24. The van der Waals surface area contributed by atoms with Crippen molar-refractivity contribution < 1.29 is 9.53 Å². The standard InChI is InChI=1S/C19H26N4O2/c1-4-16(20-13-7-5-8-14(11-13)25-3)19(24)23(2)12-18-15-9-6-10-17(15)21-22-18/h5,7-8,11,16,20H,4,6,9-10,12H2,1-3H3,(H,21,22)/t16-/m0/s1. The van der Waals surface area contributed by atoms with Crippen LogP contribution in [-0.2, 0) is 24.2 Å². The van der Waals surface area contributed by atoms with Gasteiger partial charge in [0.1, 0.15) is 11.8 Å². The number of benzene rings is 1. The van der Waals surface area contributed by atoms with Gasteiger partial charge in [0, 0.05) is 24.5 Å². The summed E-state index contributed by atoms with van der Waals surface area (Å²) in [5.41, 5.74) is 4.42. The van der Waals surface area contributed by atoms with Crippen LogP contribution < -0.4 is 10.1 Å². The van der Waals surface area contributed by atoms with Crippen molar-refractivity contribution in [1.29, 1.82) is 0 Å². The summed E-state index contributed by atoms with van der Waals surface area (Å²) in [6.45, 7) is 2.55. The average molecular weight is 342 g/mol. The lowest BCUT2D eigenvalue weighted by atomic mass is 10.1. The number of likely N-dealkylation sites (N-methyl/N-ethyl adjacent to an activating group) is 1. The van der Waals surface area contributed by atoms with Gasteiger partial charge >= 0.3 is 0 Å². The number of methoxy groups -OCH3 is 1. The first-order valence-electron chi connectivity index (χ1n) is 8.83. The molecule has 0 radical (unpaired) electrons. The van der Waals surface area contributed by atoms with Crippen LogP contribution in [0.25, 0.3) is 0 Å². The molecule has 134 valence electrons. The van der Waals surface area contributed by atoms with E-state index in [0.29, 0.717) is 13.0 Å². The van der Waals surface area contributed by atoms with Gasteiger partial charge in [-0.25, -0.2) is 0 Å². The molecule has 0 fully saturated rings. The van der Waals surface area contributed by atoms with Crippen LogP contribution in [0.1, 0.15) is 36.7 Å². The summed E-state index contributed by atoms with van der Waals surface area (Å²) in [5, 5.41) is 10.8. The van der Waals surface area contributed by atoms with E-state index >= 15 is 0 Å². The number of anilines is 1. The molecular formula is C19H26N4O2. The van der Waals surface area contributed by atoms with Crippen molar-refractivity contribution in [2.45, 2.75) is 45.2 Å². The highest BCUT2D eigenvalue weighted by Crippen LogP contribution is 2.24. The number of carbonyl (C=O) groups is 1. The molecule has 0 saturated heterocycles. The van der Waals surface area contributed by atoms with Crippen LogP contribution in [0, 0.1) is 0 Å². The Morgan fingerprint density at radius 3 is 3.04 bits per heavy atom. The first kappa shape index (κ1) is 17.3. The molecule has 0 saturated carbocycles. The third-order valence-electron chi connectivity index (χ3n) is 4.77. The molecule has 6 heteroatoms. The Bertz CT molecular complexity index is 741. The van der Waals surface area contributed by atoms with Crippen LogP contribution in [0.2, 0.25) is 0 Å². The molecule has 0 unspecified atom stereocenters. The lowest BCUT2D eigenvalue weighted by Gasteiger charge is -2.24. The minimum absolute atomic E-state index is 0.0695. The number of aromatic amines is 1. The molecule has 0 bridgehead atoms. The molecule has 0 aliphatic heterocycles. The van der Waals surface area contributed by atoms with Gasteiger partial charge in [-0.2, -0.15) is 5.10 Å². The Hall–Kier alpha value is -2.50. The van der Waals surface area contributed by atoms with Gasteiger partial charge in [0.05, 0.1) is 19.3 Å². The van der Waals surface area contributed by atoms with Crippen molar-refractivity contribution in [2.24, 2.45) is 0 Å². The number of nitrogens with zero attached hydrogens (tertiary/aromatic N) is 2. The Kier molecular flexibility index (Phi) is 5.26. The molecule has 1 aliphatic rings. The molecule has 25 heavy (non-hydrogen) atoms. The fraction of sp³-hybridized carbons (Fsp3) is 0.474. The number of H-pyrrole nitrogens is 1. The monoisotopic (exact) mass is 342 g/mol. The van der Waals surface area contributed by atoms with Crippen LogP contribution in [0.15, 0.2) is 24.3 Å². The minimum atomic E-state index is -0.274. The van der Waals surface area contributed by atoms with Gasteiger partial charge in [0.15, 0.2) is 0 Å². The van der Waals surface area contributed by atoms with Crippen LogP contribution in [0.4, 0.5) is 5.69 Å². The van der Waals surface area contributed by atoms with E-state index in [0.717, 1.165) is 30.0 Å². The molecule has 3 rings (SSSR count). The molecule has 6 nitrogen and oxygen atoms in total. The molecule has 1 atom stereocenters. The van der Waals surface area contributed by atoms with Crippen molar-refractivity contribution >= 4 is 11.6 Å². The van der Waals surface area contributed by atoms with Crippen molar-refractivity contribution in [3.05, 3.63) is 41.2 Å². The maximum Gasteiger partial charge on any atom is 0.245 e. The molecule has 1 aliphatic carbocycles. The van der Waals surface area contributed by atoms with Gasteiger partial charge in [0.25, 0.3) is 0 Å². The summed E-state index contributed by atoms with van der Waals surface area (Å²) in [6, 6.07) is 7.37. The largest absolute Gasteiger partial charge is 0.497 e. The smallest absolute Gasteiger partial charge is 0.245 e. The van der Waals surface area contributed by atoms with Gasteiger partial charge in [-0.1, -0.05) is 13.0 Å². The summed E-state index contributed by atoms with van der Waals surface area (Å²) < 4.78 is 5.24. The van der Waals surface area contributed by atoms with E-state index in [4.69, 9.17) is 4.74 Å². The van der Waals surface area contributed by atoms with Crippen LogP contribution in [0.3, 0.4) is 0 Å². The summed E-state index contributed by atoms with van der Waals surface area (Å²) in [7, 11) is 3.48. The third kappa shape index (κ3) is 3.78. The van der Waals surface area contributed by atoms with Gasteiger partial charge in [-0.05, 0) is 43.4 Å². The molecule has 2 N–H and O–H groups in total. The van der Waals surface area contributed by atoms with Gasteiger partial charge in [-0.3, -0.25) is 9.89 Å². The molecule has 2 aromatic rings. The van der Waals surface area contributed by atoms with Crippen LogP contribution >= 0.6 is 0 Å². The first-order valence-corrected chi connectivity index (χ1v) is 8.83. The fourth-order valence-corrected chi connectivity index (χ4v) is 3.34. The average Bonchev–Trinajstić information content (AvgIpc) is 3.24. The number of ether oxygens (including phenoxy) is 1. The number of hydrogen-bond donors (Lipinski definition) is 2. The topological polar surface area (TPSA) is 70.2 Å². The fourth-order valence-electron chi connectivity index (χ4n) is 3.34. The number of aromatic nitrogens is 2. The van der Waals surface area contributed by atoms with Gasteiger partial charge in [-0.15, -0.1) is 0 Å². The molecule has 1 amide bonds. The van der Waals surface area contributed by atoms with E-state index < -0.39 is 0 Å². The second-order valence-electron chi connectivity index (χ2n) is 6.51. The highest BCUT2D eigenvalue weighted by molar-refractivity contribution is 5.84.